The van der Waals surface area contributed by atoms with Crippen molar-refractivity contribution in [1.29, 1.82) is 0 Å². The van der Waals surface area contributed by atoms with E-state index in [2.05, 4.69) is 5.32 Å². The van der Waals surface area contributed by atoms with Crippen molar-refractivity contribution in [2.75, 3.05) is 31.1 Å². The second-order valence-electron chi connectivity index (χ2n) is 8.99. The first kappa shape index (κ1) is 22.3. The summed E-state index contributed by atoms with van der Waals surface area (Å²) in [5.74, 6) is -0.868. The second-order valence-corrected chi connectivity index (χ2v) is 8.99. The van der Waals surface area contributed by atoms with Gasteiger partial charge in [0.25, 0.3) is 5.91 Å². The van der Waals surface area contributed by atoms with Gasteiger partial charge in [-0.25, -0.2) is 4.39 Å². The number of piperazine rings is 1. The normalized spacial score (nSPS) is 17.5. The predicted molar refractivity (Wildman–Crippen MR) is 123 cm³/mol. The van der Waals surface area contributed by atoms with Crippen LogP contribution < -0.4 is 15.6 Å². The molecule has 172 valence electrons. The lowest BCUT2D eigenvalue weighted by Gasteiger charge is -2.36. The number of halogens is 1. The van der Waals surface area contributed by atoms with Gasteiger partial charge in [-0.3, -0.25) is 14.4 Å². The minimum absolute atomic E-state index is 0.0188. The van der Waals surface area contributed by atoms with Crippen LogP contribution in [0.5, 0.6) is 0 Å². The van der Waals surface area contributed by atoms with Gasteiger partial charge < -0.3 is 19.7 Å². The molecule has 1 aliphatic heterocycles. The van der Waals surface area contributed by atoms with Crippen LogP contribution in [-0.4, -0.2) is 53.5 Å². The third kappa shape index (κ3) is 4.36. The number of amides is 2. The summed E-state index contributed by atoms with van der Waals surface area (Å²) in [5, 5.41) is 3.13. The summed E-state index contributed by atoms with van der Waals surface area (Å²) >= 11 is 0. The van der Waals surface area contributed by atoms with E-state index in [-0.39, 0.29) is 28.9 Å². The van der Waals surface area contributed by atoms with Crippen molar-refractivity contribution < 1.29 is 14.0 Å². The Labute approximate surface area is 187 Å². The third-order valence-corrected chi connectivity index (χ3v) is 6.45. The number of anilines is 1. The molecule has 1 saturated heterocycles. The van der Waals surface area contributed by atoms with Crippen molar-refractivity contribution >= 4 is 28.4 Å². The molecule has 7 nitrogen and oxygen atoms in total. The molecule has 4 rings (SSSR count). The van der Waals surface area contributed by atoms with Crippen LogP contribution in [0.15, 0.2) is 23.1 Å². The molecular formula is C24H31FN4O3. The van der Waals surface area contributed by atoms with Gasteiger partial charge in [-0.15, -0.1) is 0 Å². The second kappa shape index (κ2) is 8.92. The Morgan fingerprint density at radius 1 is 1.19 bits per heavy atom. The fourth-order valence-corrected chi connectivity index (χ4v) is 4.49. The Hall–Kier alpha value is -2.90. The fraction of sp³-hybridized carbons (Fsp3) is 0.542. The molecule has 0 radical (unpaired) electrons. The molecule has 1 N–H and O–H groups in total. The molecule has 2 aromatic rings. The first-order valence-electron chi connectivity index (χ1n) is 11.5. The van der Waals surface area contributed by atoms with Crippen LogP contribution in [0.2, 0.25) is 0 Å². The van der Waals surface area contributed by atoms with Crippen LogP contribution in [0.4, 0.5) is 10.1 Å². The molecule has 0 bridgehead atoms. The summed E-state index contributed by atoms with van der Waals surface area (Å²) in [4.78, 5) is 41.2. The lowest BCUT2D eigenvalue weighted by Crippen LogP contribution is -2.48. The first-order chi connectivity index (χ1) is 15.3. The largest absolute Gasteiger partial charge is 0.366 e. The molecular weight excluding hydrogens is 411 g/mol. The number of fused-ring (bicyclic) bond motifs is 1. The van der Waals surface area contributed by atoms with Crippen molar-refractivity contribution in [3.8, 4) is 0 Å². The van der Waals surface area contributed by atoms with Gasteiger partial charge >= 0.3 is 0 Å². The van der Waals surface area contributed by atoms with Crippen LogP contribution in [0, 0.1) is 5.82 Å². The van der Waals surface area contributed by atoms with Gasteiger partial charge in [0.15, 0.2) is 0 Å². The van der Waals surface area contributed by atoms with E-state index in [9.17, 15) is 14.4 Å². The minimum Gasteiger partial charge on any atom is -0.366 e. The maximum atomic E-state index is 15.2. The quantitative estimate of drug-likeness (QED) is 0.746. The number of pyridine rings is 1. The standard InChI is InChI=1S/C24H31FN4O3/c1-4-5-15(2)26-24(32)19-14-29(17-6-7-17)21-13-22(20(25)12-18(21)23(19)31)28-10-8-27(9-11-28)16(3)30/h12-15,17H,4-11H2,1-3H3,(H,26,32). The van der Waals surface area contributed by atoms with Crippen LogP contribution in [0.3, 0.4) is 0 Å². The zero-order chi connectivity index (χ0) is 23.0. The zero-order valence-corrected chi connectivity index (χ0v) is 19.0. The maximum absolute atomic E-state index is 15.2. The summed E-state index contributed by atoms with van der Waals surface area (Å²) in [6, 6.07) is 3.18. The molecule has 1 aromatic heterocycles. The number of hydrogen-bond donors (Lipinski definition) is 1. The Bertz CT molecular complexity index is 1100. The van der Waals surface area contributed by atoms with E-state index in [4.69, 9.17) is 0 Å². The lowest BCUT2D eigenvalue weighted by molar-refractivity contribution is -0.129. The van der Waals surface area contributed by atoms with E-state index in [1.54, 1.807) is 17.2 Å². The van der Waals surface area contributed by atoms with Crippen LogP contribution in [0.25, 0.3) is 10.9 Å². The fourth-order valence-electron chi connectivity index (χ4n) is 4.49. The maximum Gasteiger partial charge on any atom is 0.256 e. The van der Waals surface area contributed by atoms with E-state index in [0.29, 0.717) is 37.4 Å². The molecule has 32 heavy (non-hydrogen) atoms. The zero-order valence-electron chi connectivity index (χ0n) is 19.0. The van der Waals surface area contributed by atoms with E-state index in [0.717, 1.165) is 25.7 Å². The van der Waals surface area contributed by atoms with E-state index in [1.165, 1.54) is 13.0 Å². The Kier molecular flexibility index (Phi) is 6.22. The van der Waals surface area contributed by atoms with Crippen molar-refractivity contribution in [1.82, 2.24) is 14.8 Å². The Morgan fingerprint density at radius 3 is 2.47 bits per heavy atom. The van der Waals surface area contributed by atoms with Gasteiger partial charge in [0.05, 0.1) is 11.2 Å². The van der Waals surface area contributed by atoms with Crippen molar-refractivity contribution in [3.63, 3.8) is 0 Å². The molecule has 8 heteroatoms. The summed E-state index contributed by atoms with van der Waals surface area (Å²) < 4.78 is 17.1. The molecule has 1 saturated carbocycles. The topological polar surface area (TPSA) is 74.7 Å². The van der Waals surface area contributed by atoms with E-state index in [1.807, 2.05) is 23.3 Å². The van der Waals surface area contributed by atoms with Gasteiger partial charge in [-0.1, -0.05) is 13.3 Å². The summed E-state index contributed by atoms with van der Waals surface area (Å²) in [6.07, 6.45) is 5.33. The number of nitrogens with one attached hydrogen (secondary N) is 1. The van der Waals surface area contributed by atoms with Gasteiger partial charge in [-0.2, -0.15) is 0 Å². The molecule has 1 atom stereocenters. The number of hydrogen-bond acceptors (Lipinski definition) is 4. The molecule has 1 unspecified atom stereocenters. The Balaban J connectivity index is 1.72. The Morgan fingerprint density at radius 2 is 1.88 bits per heavy atom. The lowest BCUT2D eigenvalue weighted by atomic mass is 10.1. The average molecular weight is 443 g/mol. The monoisotopic (exact) mass is 442 g/mol. The molecule has 2 amide bonds. The van der Waals surface area contributed by atoms with Crippen LogP contribution in [-0.2, 0) is 4.79 Å². The number of carbonyl (C=O) groups excluding carboxylic acids is 2. The third-order valence-electron chi connectivity index (χ3n) is 6.45. The molecule has 1 aromatic carbocycles. The predicted octanol–water partition coefficient (Wildman–Crippen LogP) is 3.06. The van der Waals surface area contributed by atoms with Crippen LogP contribution >= 0.6 is 0 Å². The van der Waals surface area contributed by atoms with Gasteiger partial charge in [-0.05, 0) is 38.3 Å². The van der Waals surface area contributed by atoms with E-state index >= 15 is 4.39 Å². The summed E-state index contributed by atoms with van der Waals surface area (Å²) in [7, 11) is 0. The SMILES string of the molecule is CCCC(C)NC(=O)c1cn(C2CC2)c2cc(N3CCN(C(C)=O)CC3)c(F)cc2c1=O. The molecule has 2 heterocycles. The highest BCUT2D eigenvalue weighted by Gasteiger charge is 2.29. The number of benzene rings is 1. The average Bonchev–Trinajstić information content (AvgIpc) is 3.59. The summed E-state index contributed by atoms with van der Waals surface area (Å²) in [6.45, 7) is 7.64. The van der Waals surface area contributed by atoms with E-state index < -0.39 is 17.2 Å². The number of rotatable bonds is 6. The number of carbonyl (C=O) groups is 2. The number of aromatic nitrogens is 1. The van der Waals surface area contributed by atoms with Crippen molar-refractivity contribution in [2.24, 2.45) is 0 Å². The highest BCUT2D eigenvalue weighted by atomic mass is 19.1. The van der Waals surface area contributed by atoms with Crippen molar-refractivity contribution in [2.45, 2.75) is 58.5 Å². The molecule has 0 spiro atoms. The van der Waals surface area contributed by atoms with Crippen molar-refractivity contribution in [3.05, 3.63) is 39.9 Å². The minimum atomic E-state index is -0.481. The smallest absolute Gasteiger partial charge is 0.256 e. The highest BCUT2D eigenvalue weighted by molar-refractivity contribution is 5.98. The molecule has 1 aliphatic carbocycles. The molecule has 2 fully saturated rings. The van der Waals surface area contributed by atoms with Gasteiger partial charge in [0.1, 0.15) is 11.4 Å². The number of nitrogens with zero attached hydrogens (tertiary/aromatic N) is 3. The van der Waals surface area contributed by atoms with Gasteiger partial charge in [0, 0.05) is 56.8 Å². The summed E-state index contributed by atoms with van der Waals surface area (Å²) in [5.41, 5.74) is 0.712. The first-order valence-corrected chi connectivity index (χ1v) is 11.5. The van der Waals surface area contributed by atoms with Crippen LogP contribution in [0.1, 0.15) is 62.9 Å². The van der Waals surface area contributed by atoms with Gasteiger partial charge in [0.2, 0.25) is 11.3 Å². The highest BCUT2D eigenvalue weighted by Crippen LogP contribution is 2.38. The molecule has 2 aliphatic rings.